The van der Waals surface area contributed by atoms with Crippen LogP contribution in [0.25, 0.3) is 11.1 Å². The van der Waals surface area contributed by atoms with Crippen LogP contribution < -0.4 is 0 Å². The Kier molecular flexibility index (Phi) is 8.26. The van der Waals surface area contributed by atoms with Crippen LogP contribution in [0.3, 0.4) is 0 Å². The van der Waals surface area contributed by atoms with E-state index < -0.39 is 76.8 Å². The lowest BCUT2D eigenvalue weighted by atomic mass is 9.99. The molecule has 4 rings (SSSR count). The molecule has 1 fully saturated rings. The summed E-state index contributed by atoms with van der Waals surface area (Å²) < 4.78 is 121. The highest BCUT2D eigenvalue weighted by molar-refractivity contribution is 7.89. The second-order valence-electron chi connectivity index (χ2n) is 9.13. The average molecular weight is 591 g/mol. The Morgan fingerprint density at radius 3 is 2.23 bits per heavy atom. The minimum atomic E-state index is -4.78. The van der Waals surface area contributed by atoms with Gasteiger partial charge in [-0.1, -0.05) is 0 Å². The quantitative estimate of drug-likeness (QED) is 0.330. The normalized spacial score (nSPS) is 20.3. The predicted octanol–water partition coefficient (Wildman–Crippen LogP) is 5.33. The van der Waals surface area contributed by atoms with E-state index in [2.05, 4.69) is 15.0 Å². The van der Waals surface area contributed by atoms with E-state index in [1.807, 2.05) is 0 Å². The van der Waals surface area contributed by atoms with E-state index in [1.54, 1.807) is 0 Å². The lowest BCUT2D eigenvalue weighted by Gasteiger charge is -2.27. The van der Waals surface area contributed by atoms with Crippen molar-refractivity contribution in [1.29, 1.82) is 0 Å². The fraction of sp³-hybridized carbons (Fsp3) is 0.360. The van der Waals surface area contributed by atoms with Crippen LogP contribution in [-0.2, 0) is 27.4 Å². The van der Waals surface area contributed by atoms with Crippen molar-refractivity contribution in [1.82, 2.24) is 19.3 Å². The van der Waals surface area contributed by atoms with Crippen LogP contribution in [0, 0.1) is 5.82 Å². The molecule has 3 atom stereocenters. The fourth-order valence-corrected chi connectivity index (χ4v) is 6.30. The highest BCUT2D eigenvalue weighted by Gasteiger charge is 2.48. The summed E-state index contributed by atoms with van der Waals surface area (Å²) in [5.41, 5.74) is -0.630. The number of sulfonamides is 1. The summed E-state index contributed by atoms with van der Waals surface area (Å²) in [4.78, 5) is 23.0. The van der Waals surface area contributed by atoms with Crippen LogP contribution in [0.4, 0.5) is 30.7 Å². The van der Waals surface area contributed by atoms with Crippen LogP contribution in [0.5, 0.6) is 0 Å². The Morgan fingerprint density at radius 2 is 1.65 bits per heavy atom. The SMILES string of the molecule is C[C@H]1[C@H](F)C[C@@H](C(=O)CCc2cc(-c3cnc(C(F)(F)F)nc3)cnc2C(F)F)N1S(=O)(=O)c1ccc(F)cc1. The molecule has 1 aliphatic heterocycles. The first kappa shape index (κ1) is 29.5. The van der Waals surface area contributed by atoms with Crippen molar-refractivity contribution >= 4 is 15.8 Å². The van der Waals surface area contributed by atoms with Crippen molar-refractivity contribution in [2.45, 2.75) is 61.9 Å². The molecule has 0 amide bonds. The number of hydrogen-bond acceptors (Lipinski definition) is 6. The second-order valence-corrected chi connectivity index (χ2v) is 11.0. The molecule has 0 radical (unpaired) electrons. The number of aromatic nitrogens is 3. The number of nitrogens with zero attached hydrogens (tertiary/aromatic N) is 4. The number of hydrogen-bond donors (Lipinski definition) is 0. The molecular formula is C25H21F7N4O3S. The molecule has 1 aliphatic rings. The van der Waals surface area contributed by atoms with Gasteiger partial charge in [-0.15, -0.1) is 0 Å². The van der Waals surface area contributed by atoms with Crippen molar-refractivity contribution in [2.24, 2.45) is 0 Å². The molecular weight excluding hydrogens is 569 g/mol. The van der Waals surface area contributed by atoms with Gasteiger partial charge in [0.2, 0.25) is 15.8 Å². The maximum absolute atomic E-state index is 14.7. The number of carbonyl (C=O) groups excluding carboxylic acids is 1. The fourth-order valence-electron chi connectivity index (χ4n) is 4.47. The standard InChI is InChI=1S/C25H21F7N4O3S/c1-13-19(27)9-20(36(13)40(38,39)18-5-3-17(26)4-6-18)21(37)7-2-14-8-15(10-33-22(14)23(28)29)16-11-34-24(35-12-16)25(30,31)32/h3-6,8,10-13,19-20,23H,2,7,9H2,1H3/t13-,19+,20-/m0/s1. The Hall–Kier alpha value is -3.46. The molecule has 7 nitrogen and oxygen atoms in total. The van der Waals surface area contributed by atoms with Gasteiger partial charge in [-0.25, -0.2) is 35.9 Å². The molecule has 0 spiro atoms. The van der Waals surface area contributed by atoms with E-state index in [4.69, 9.17) is 0 Å². The first-order chi connectivity index (χ1) is 18.7. The highest BCUT2D eigenvalue weighted by atomic mass is 32.2. The number of aryl methyl sites for hydroxylation is 1. The van der Waals surface area contributed by atoms with Gasteiger partial charge in [0, 0.05) is 42.6 Å². The molecule has 0 saturated carbocycles. The minimum absolute atomic E-state index is 0.0512. The van der Waals surface area contributed by atoms with Crippen LogP contribution >= 0.6 is 0 Å². The van der Waals surface area contributed by atoms with Crippen molar-refractivity contribution in [3.8, 4) is 11.1 Å². The number of ketones is 1. The third-order valence-electron chi connectivity index (χ3n) is 6.53. The third kappa shape index (κ3) is 5.99. The lowest BCUT2D eigenvalue weighted by molar-refractivity contribution is -0.145. The summed E-state index contributed by atoms with van der Waals surface area (Å²) in [5, 5.41) is 0. The third-order valence-corrected chi connectivity index (χ3v) is 8.54. The number of halogens is 7. The van der Waals surface area contributed by atoms with Crippen molar-refractivity contribution in [3.63, 3.8) is 0 Å². The van der Waals surface area contributed by atoms with E-state index in [-0.39, 0.29) is 28.0 Å². The Morgan fingerprint density at radius 1 is 1.05 bits per heavy atom. The van der Waals surface area contributed by atoms with Crippen molar-refractivity contribution in [3.05, 3.63) is 71.8 Å². The molecule has 0 N–H and O–H groups in total. The molecule has 3 heterocycles. The topological polar surface area (TPSA) is 93.1 Å². The number of Topliss-reactive ketones (excluding diaryl/α,β-unsaturated/α-hetero) is 1. The maximum Gasteiger partial charge on any atom is 0.451 e. The van der Waals surface area contributed by atoms with E-state index >= 15 is 0 Å². The smallest absolute Gasteiger partial charge is 0.298 e. The maximum atomic E-state index is 14.7. The summed E-state index contributed by atoms with van der Waals surface area (Å²) in [6.07, 6.45) is -8.08. The molecule has 0 unspecified atom stereocenters. The molecule has 40 heavy (non-hydrogen) atoms. The molecule has 3 aromatic rings. The second kappa shape index (κ2) is 11.2. The largest absolute Gasteiger partial charge is 0.451 e. The van der Waals surface area contributed by atoms with Gasteiger partial charge in [-0.3, -0.25) is 9.78 Å². The summed E-state index contributed by atoms with van der Waals surface area (Å²) in [7, 11) is -4.41. The number of pyridine rings is 1. The van der Waals surface area contributed by atoms with Crippen LogP contribution in [0.15, 0.2) is 53.8 Å². The van der Waals surface area contributed by atoms with Gasteiger partial charge < -0.3 is 0 Å². The number of carbonyl (C=O) groups is 1. The number of alkyl halides is 6. The summed E-state index contributed by atoms with van der Waals surface area (Å²) >= 11 is 0. The lowest BCUT2D eigenvalue weighted by Crippen LogP contribution is -2.44. The summed E-state index contributed by atoms with van der Waals surface area (Å²) in [6, 6.07) is 2.34. The summed E-state index contributed by atoms with van der Waals surface area (Å²) in [5.74, 6) is -2.82. The van der Waals surface area contributed by atoms with E-state index in [0.29, 0.717) is 0 Å². The van der Waals surface area contributed by atoms with Crippen molar-refractivity contribution in [2.75, 3.05) is 0 Å². The molecule has 15 heteroatoms. The zero-order chi connectivity index (χ0) is 29.4. The Labute approximate surface area is 224 Å². The van der Waals surface area contributed by atoms with Gasteiger partial charge in [0.1, 0.15) is 17.7 Å². The monoisotopic (exact) mass is 590 g/mol. The molecule has 0 aliphatic carbocycles. The van der Waals surface area contributed by atoms with Gasteiger partial charge in [0.15, 0.2) is 5.78 Å². The van der Waals surface area contributed by atoms with Gasteiger partial charge in [-0.05, 0) is 49.2 Å². The van der Waals surface area contributed by atoms with E-state index in [0.717, 1.165) is 47.2 Å². The zero-order valence-corrected chi connectivity index (χ0v) is 21.4. The Bertz CT molecular complexity index is 1480. The first-order valence-corrected chi connectivity index (χ1v) is 13.3. The number of rotatable bonds is 8. The van der Waals surface area contributed by atoms with E-state index in [9.17, 15) is 43.9 Å². The highest BCUT2D eigenvalue weighted by Crippen LogP contribution is 2.35. The van der Waals surface area contributed by atoms with Crippen LogP contribution in [-0.4, -0.2) is 51.7 Å². The molecule has 1 saturated heterocycles. The van der Waals surface area contributed by atoms with Crippen LogP contribution in [0.1, 0.15) is 43.3 Å². The minimum Gasteiger partial charge on any atom is -0.298 e. The molecule has 0 bridgehead atoms. The zero-order valence-electron chi connectivity index (χ0n) is 20.6. The van der Waals surface area contributed by atoms with Gasteiger partial charge in [0.25, 0.3) is 6.43 Å². The van der Waals surface area contributed by atoms with Crippen molar-refractivity contribution < 1.29 is 43.9 Å². The van der Waals surface area contributed by atoms with Gasteiger partial charge in [0.05, 0.1) is 17.0 Å². The van der Waals surface area contributed by atoms with Gasteiger partial charge in [-0.2, -0.15) is 17.5 Å². The summed E-state index contributed by atoms with van der Waals surface area (Å²) in [6.45, 7) is 1.29. The first-order valence-electron chi connectivity index (χ1n) is 11.8. The number of benzene rings is 1. The predicted molar refractivity (Wildman–Crippen MR) is 127 cm³/mol. The Balaban J connectivity index is 1.58. The van der Waals surface area contributed by atoms with Crippen LogP contribution in [0.2, 0.25) is 0 Å². The van der Waals surface area contributed by atoms with E-state index in [1.165, 1.54) is 13.0 Å². The average Bonchev–Trinajstić information content (AvgIpc) is 3.21. The van der Waals surface area contributed by atoms with Gasteiger partial charge >= 0.3 is 6.18 Å². The molecule has 1 aromatic carbocycles. The molecule has 2 aromatic heterocycles. The molecule has 214 valence electrons.